The van der Waals surface area contributed by atoms with Gasteiger partial charge in [-0.1, -0.05) is 35.0 Å². The number of rotatable bonds is 1. The van der Waals surface area contributed by atoms with Crippen LogP contribution in [-0.4, -0.2) is 26.2 Å². The second-order valence-corrected chi connectivity index (χ2v) is 3.20. The first-order valence-electron chi connectivity index (χ1n) is 4.39. The Kier molecular flexibility index (Phi) is 2.21. The molecule has 76 valence electrons. The highest BCUT2D eigenvalue weighted by Gasteiger charge is 2.07. The number of benzene rings is 1. The van der Waals surface area contributed by atoms with E-state index in [9.17, 15) is 4.79 Å². The molecule has 0 saturated heterocycles. The SMILES string of the molecule is Cc1ccc(-c2cn(C(=O)O)nn2)cc1. The zero-order chi connectivity index (χ0) is 10.8. The molecule has 0 aliphatic carbocycles. The Morgan fingerprint density at radius 3 is 2.53 bits per heavy atom. The van der Waals surface area contributed by atoms with Crippen molar-refractivity contribution in [2.75, 3.05) is 0 Å². The minimum atomic E-state index is -1.14. The monoisotopic (exact) mass is 203 g/mol. The Bertz CT molecular complexity index is 488. The highest BCUT2D eigenvalue weighted by Crippen LogP contribution is 2.16. The molecule has 0 aliphatic rings. The molecule has 1 N–H and O–H groups in total. The van der Waals surface area contributed by atoms with Crippen LogP contribution in [0, 0.1) is 6.92 Å². The van der Waals surface area contributed by atoms with Gasteiger partial charge in [0.2, 0.25) is 0 Å². The van der Waals surface area contributed by atoms with E-state index in [4.69, 9.17) is 5.11 Å². The van der Waals surface area contributed by atoms with Crippen LogP contribution in [0.1, 0.15) is 5.56 Å². The van der Waals surface area contributed by atoms with Crippen molar-refractivity contribution < 1.29 is 9.90 Å². The van der Waals surface area contributed by atoms with Gasteiger partial charge in [-0.3, -0.25) is 0 Å². The molecule has 0 bridgehead atoms. The summed E-state index contributed by atoms with van der Waals surface area (Å²) < 4.78 is 0.787. The van der Waals surface area contributed by atoms with Crippen molar-refractivity contribution in [3.8, 4) is 11.3 Å². The highest BCUT2D eigenvalue weighted by molar-refractivity contribution is 5.68. The molecule has 0 fully saturated rings. The second-order valence-electron chi connectivity index (χ2n) is 3.20. The van der Waals surface area contributed by atoms with Crippen LogP contribution in [0.2, 0.25) is 0 Å². The summed E-state index contributed by atoms with van der Waals surface area (Å²) in [5.41, 5.74) is 2.55. The summed E-state index contributed by atoms with van der Waals surface area (Å²) in [5, 5.41) is 15.9. The largest absolute Gasteiger partial charge is 0.463 e. The fourth-order valence-electron chi connectivity index (χ4n) is 1.21. The molecule has 0 spiro atoms. The predicted octanol–water partition coefficient (Wildman–Crippen LogP) is 1.78. The number of hydrogen-bond donors (Lipinski definition) is 1. The zero-order valence-electron chi connectivity index (χ0n) is 8.08. The van der Waals surface area contributed by atoms with Crippen molar-refractivity contribution in [1.29, 1.82) is 0 Å². The smallest absolute Gasteiger partial charge is 0.433 e. The normalized spacial score (nSPS) is 10.2. The minimum Gasteiger partial charge on any atom is -0.463 e. The van der Waals surface area contributed by atoms with Gasteiger partial charge in [-0.25, -0.2) is 4.79 Å². The number of carboxylic acid groups (broad SMARTS) is 1. The average Bonchev–Trinajstić information content (AvgIpc) is 2.68. The molecule has 0 atom stereocenters. The first kappa shape index (κ1) is 9.39. The molecule has 15 heavy (non-hydrogen) atoms. The Labute approximate surface area is 86.0 Å². The first-order chi connectivity index (χ1) is 7.16. The summed E-state index contributed by atoms with van der Waals surface area (Å²) >= 11 is 0. The molecule has 0 radical (unpaired) electrons. The third kappa shape index (κ3) is 1.85. The van der Waals surface area contributed by atoms with Gasteiger partial charge in [0.15, 0.2) is 0 Å². The van der Waals surface area contributed by atoms with Gasteiger partial charge < -0.3 is 5.11 Å². The first-order valence-corrected chi connectivity index (χ1v) is 4.39. The summed E-state index contributed by atoms with van der Waals surface area (Å²) in [6.07, 6.45) is 0.244. The summed E-state index contributed by atoms with van der Waals surface area (Å²) in [5.74, 6) is 0. The van der Waals surface area contributed by atoms with Gasteiger partial charge in [0.25, 0.3) is 0 Å². The Hall–Kier alpha value is -2.17. The van der Waals surface area contributed by atoms with E-state index in [1.54, 1.807) is 0 Å². The standard InChI is InChI=1S/C10H9N3O2/c1-7-2-4-8(5-3-7)9-6-13(10(14)15)12-11-9/h2-6H,1H3,(H,14,15). The molecule has 0 amide bonds. The molecular formula is C10H9N3O2. The van der Waals surface area contributed by atoms with Gasteiger partial charge in [0.1, 0.15) is 5.69 Å². The maximum atomic E-state index is 10.6. The Morgan fingerprint density at radius 1 is 1.33 bits per heavy atom. The minimum absolute atomic E-state index is 0.553. The molecule has 1 heterocycles. The number of carbonyl (C=O) groups is 1. The second kappa shape index (κ2) is 3.53. The van der Waals surface area contributed by atoms with Crippen LogP contribution < -0.4 is 0 Å². The molecular weight excluding hydrogens is 194 g/mol. The van der Waals surface area contributed by atoms with Gasteiger partial charge >= 0.3 is 6.09 Å². The van der Waals surface area contributed by atoms with Crippen LogP contribution in [-0.2, 0) is 0 Å². The van der Waals surface area contributed by atoms with Crippen molar-refractivity contribution in [3.05, 3.63) is 36.0 Å². The molecule has 1 aromatic carbocycles. The zero-order valence-corrected chi connectivity index (χ0v) is 8.08. The average molecular weight is 203 g/mol. The van der Waals surface area contributed by atoms with Crippen molar-refractivity contribution >= 4 is 6.09 Å². The van der Waals surface area contributed by atoms with E-state index in [2.05, 4.69) is 10.3 Å². The Balaban J connectivity index is 2.37. The quantitative estimate of drug-likeness (QED) is 0.767. The van der Waals surface area contributed by atoms with Crippen LogP contribution >= 0.6 is 0 Å². The molecule has 0 unspecified atom stereocenters. The lowest BCUT2D eigenvalue weighted by Gasteiger charge is -1.95. The van der Waals surface area contributed by atoms with Crippen LogP contribution in [0.3, 0.4) is 0 Å². The summed E-state index contributed by atoms with van der Waals surface area (Å²) in [7, 11) is 0. The predicted molar refractivity (Wildman–Crippen MR) is 53.6 cm³/mol. The molecule has 5 nitrogen and oxygen atoms in total. The van der Waals surface area contributed by atoms with E-state index in [1.165, 1.54) is 6.20 Å². The lowest BCUT2D eigenvalue weighted by atomic mass is 10.1. The van der Waals surface area contributed by atoms with Crippen molar-refractivity contribution in [2.45, 2.75) is 6.92 Å². The van der Waals surface area contributed by atoms with E-state index in [1.807, 2.05) is 31.2 Å². The molecule has 0 saturated carbocycles. The number of aryl methyl sites for hydroxylation is 1. The molecule has 1 aromatic heterocycles. The van der Waals surface area contributed by atoms with Crippen molar-refractivity contribution in [2.24, 2.45) is 0 Å². The molecule has 5 heteroatoms. The lowest BCUT2D eigenvalue weighted by molar-refractivity contribution is 0.192. The van der Waals surface area contributed by atoms with Crippen LogP contribution in [0.5, 0.6) is 0 Å². The van der Waals surface area contributed by atoms with Crippen molar-refractivity contribution in [3.63, 3.8) is 0 Å². The van der Waals surface area contributed by atoms with Gasteiger partial charge in [0, 0.05) is 5.56 Å². The van der Waals surface area contributed by atoms with Gasteiger partial charge in [-0.15, -0.1) is 5.10 Å². The maximum Gasteiger partial charge on any atom is 0.433 e. The topological polar surface area (TPSA) is 68.0 Å². The highest BCUT2D eigenvalue weighted by atomic mass is 16.4. The van der Waals surface area contributed by atoms with E-state index < -0.39 is 6.09 Å². The number of aromatic nitrogens is 3. The van der Waals surface area contributed by atoms with E-state index in [0.717, 1.165) is 15.8 Å². The number of nitrogens with zero attached hydrogens (tertiary/aromatic N) is 3. The molecule has 2 rings (SSSR count). The van der Waals surface area contributed by atoms with E-state index >= 15 is 0 Å². The van der Waals surface area contributed by atoms with Crippen LogP contribution in [0.25, 0.3) is 11.3 Å². The third-order valence-electron chi connectivity index (χ3n) is 2.04. The lowest BCUT2D eigenvalue weighted by Crippen LogP contribution is -2.07. The Morgan fingerprint density at radius 2 is 2.00 bits per heavy atom. The van der Waals surface area contributed by atoms with Gasteiger partial charge in [-0.2, -0.15) is 4.68 Å². The molecule has 2 aromatic rings. The molecule has 0 aliphatic heterocycles. The fraction of sp³-hybridized carbons (Fsp3) is 0.100. The summed E-state index contributed by atoms with van der Waals surface area (Å²) in [6, 6.07) is 7.64. The van der Waals surface area contributed by atoms with E-state index in [0.29, 0.717) is 5.69 Å². The third-order valence-corrected chi connectivity index (χ3v) is 2.04. The summed E-state index contributed by atoms with van der Waals surface area (Å²) in [4.78, 5) is 10.6. The van der Waals surface area contributed by atoms with Gasteiger partial charge in [-0.05, 0) is 6.92 Å². The van der Waals surface area contributed by atoms with Crippen molar-refractivity contribution in [1.82, 2.24) is 15.0 Å². The van der Waals surface area contributed by atoms with Crippen LogP contribution in [0.15, 0.2) is 30.5 Å². The van der Waals surface area contributed by atoms with E-state index in [-0.39, 0.29) is 0 Å². The summed E-state index contributed by atoms with van der Waals surface area (Å²) in [6.45, 7) is 1.98. The maximum absolute atomic E-state index is 10.6. The van der Waals surface area contributed by atoms with Crippen LogP contribution in [0.4, 0.5) is 4.79 Å². The fourth-order valence-corrected chi connectivity index (χ4v) is 1.21. The van der Waals surface area contributed by atoms with Gasteiger partial charge in [0.05, 0.1) is 6.20 Å². The number of hydrogen-bond acceptors (Lipinski definition) is 3.